The first-order valence-corrected chi connectivity index (χ1v) is 8.73. The molecule has 0 fully saturated rings. The lowest BCUT2D eigenvalue weighted by Gasteiger charge is -2.13. The Labute approximate surface area is 139 Å². The van der Waals surface area contributed by atoms with E-state index in [-0.39, 0.29) is 6.61 Å². The number of ether oxygens (including phenoxy) is 4. The van der Waals surface area contributed by atoms with E-state index in [2.05, 4.69) is 13.8 Å². The van der Waals surface area contributed by atoms with E-state index in [9.17, 15) is 9.59 Å². The monoisotopic (exact) mass is 332 g/mol. The maximum atomic E-state index is 11.4. The van der Waals surface area contributed by atoms with Crippen LogP contribution in [-0.4, -0.2) is 38.2 Å². The molecule has 1 atom stereocenters. The normalized spacial score (nSPS) is 11.6. The van der Waals surface area contributed by atoms with E-state index in [1.54, 1.807) is 6.92 Å². The van der Waals surface area contributed by atoms with Crippen LogP contribution in [0.2, 0.25) is 0 Å². The fraction of sp³-hybridized carbons (Fsp3) is 0.882. The first-order chi connectivity index (χ1) is 11.1. The van der Waals surface area contributed by atoms with E-state index in [1.165, 1.54) is 0 Å². The summed E-state index contributed by atoms with van der Waals surface area (Å²) in [6, 6.07) is 0. The Morgan fingerprint density at radius 1 is 0.739 bits per heavy atom. The highest BCUT2D eigenvalue weighted by Gasteiger charge is 2.13. The molecule has 0 heterocycles. The highest BCUT2D eigenvalue weighted by molar-refractivity contribution is 5.61. The zero-order chi connectivity index (χ0) is 17.3. The summed E-state index contributed by atoms with van der Waals surface area (Å²) in [5.41, 5.74) is 0. The zero-order valence-corrected chi connectivity index (χ0v) is 14.8. The molecule has 0 aromatic carbocycles. The van der Waals surface area contributed by atoms with Crippen molar-refractivity contribution >= 4 is 12.3 Å². The average Bonchev–Trinajstić information content (AvgIpc) is 2.52. The van der Waals surface area contributed by atoms with E-state index in [1.807, 2.05) is 0 Å². The molecule has 23 heavy (non-hydrogen) atoms. The van der Waals surface area contributed by atoms with Gasteiger partial charge in [-0.1, -0.05) is 52.4 Å². The number of hydrogen-bond acceptors (Lipinski definition) is 6. The fourth-order valence-electron chi connectivity index (χ4n) is 1.83. The van der Waals surface area contributed by atoms with E-state index >= 15 is 0 Å². The summed E-state index contributed by atoms with van der Waals surface area (Å²) in [7, 11) is 0. The lowest BCUT2D eigenvalue weighted by atomic mass is 10.2. The molecule has 6 nitrogen and oxygen atoms in total. The summed E-state index contributed by atoms with van der Waals surface area (Å²) < 4.78 is 19.7. The molecule has 0 aliphatic rings. The number of unbranched alkanes of at least 4 members (excludes halogenated alkanes) is 6. The second kappa shape index (κ2) is 15.4. The van der Waals surface area contributed by atoms with Crippen molar-refractivity contribution in [2.24, 2.45) is 0 Å². The lowest BCUT2D eigenvalue weighted by Crippen LogP contribution is -2.23. The summed E-state index contributed by atoms with van der Waals surface area (Å²) >= 11 is 0. The summed E-state index contributed by atoms with van der Waals surface area (Å²) in [5.74, 6) is 0. The minimum atomic E-state index is -0.732. The van der Waals surface area contributed by atoms with Crippen molar-refractivity contribution in [1.82, 2.24) is 0 Å². The number of carbonyl (C=O) groups excluding carboxylic acids is 2. The molecule has 0 aromatic heterocycles. The number of carbonyl (C=O) groups is 2. The third-order valence-corrected chi connectivity index (χ3v) is 3.17. The molecular formula is C17H32O6. The molecule has 1 unspecified atom stereocenters. The molecule has 0 bridgehead atoms. The SMILES string of the molecule is CCCCCCOC(=O)OCC(C)OC(=O)OCCCCCC. The van der Waals surface area contributed by atoms with Crippen molar-refractivity contribution in [3.05, 3.63) is 0 Å². The van der Waals surface area contributed by atoms with E-state index in [4.69, 9.17) is 18.9 Å². The molecule has 6 heteroatoms. The van der Waals surface area contributed by atoms with Gasteiger partial charge in [0.25, 0.3) is 0 Å². The highest BCUT2D eigenvalue weighted by atomic mass is 16.7. The predicted molar refractivity (Wildman–Crippen MR) is 87.5 cm³/mol. The van der Waals surface area contributed by atoms with Gasteiger partial charge in [0.05, 0.1) is 13.2 Å². The smallest absolute Gasteiger partial charge is 0.434 e. The first kappa shape index (κ1) is 21.5. The molecule has 0 N–H and O–H groups in total. The van der Waals surface area contributed by atoms with Gasteiger partial charge in [-0.05, 0) is 19.8 Å². The zero-order valence-electron chi connectivity index (χ0n) is 14.8. The van der Waals surface area contributed by atoms with Crippen molar-refractivity contribution in [2.75, 3.05) is 19.8 Å². The minimum absolute atomic E-state index is 0.0429. The first-order valence-electron chi connectivity index (χ1n) is 8.73. The topological polar surface area (TPSA) is 71.1 Å². The van der Waals surface area contributed by atoms with Crippen LogP contribution in [0.25, 0.3) is 0 Å². The number of rotatable bonds is 13. The molecule has 136 valence electrons. The predicted octanol–water partition coefficient (Wildman–Crippen LogP) is 4.84. The van der Waals surface area contributed by atoms with Crippen LogP contribution in [-0.2, 0) is 18.9 Å². The van der Waals surface area contributed by atoms with Crippen molar-refractivity contribution in [3.8, 4) is 0 Å². The Kier molecular flexibility index (Phi) is 14.5. The molecular weight excluding hydrogens is 300 g/mol. The fourth-order valence-corrected chi connectivity index (χ4v) is 1.83. The Bertz CT molecular complexity index is 305. The van der Waals surface area contributed by atoms with Gasteiger partial charge in [0, 0.05) is 0 Å². The van der Waals surface area contributed by atoms with Gasteiger partial charge in [-0.2, -0.15) is 0 Å². The molecule has 0 amide bonds. The molecule has 0 saturated carbocycles. The van der Waals surface area contributed by atoms with Crippen LogP contribution < -0.4 is 0 Å². The van der Waals surface area contributed by atoms with E-state index < -0.39 is 18.4 Å². The van der Waals surface area contributed by atoms with E-state index in [0.29, 0.717) is 13.2 Å². The van der Waals surface area contributed by atoms with Gasteiger partial charge >= 0.3 is 12.3 Å². The van der Waals surface area contributed by atoms with Crippen LogP contribution in [0.15, 0.2) is 0 Å². The second-order valence-corrected chi connectivity index (χ2v) is 5.56. The van der Waals surface area contributed by atoms with Crippen molar-refractivity contribution in [3.63, 3.8) is 0 Å². The maximum absolute atomic E-state index is 11.4. The Balaban J connectivity index is 3.55. The largest absolute Gasteiger partial charge is 0.508 e. The van der Waals surface area contributed by atoms with Crippen LogP contribution in [0, 0.1) is 0 Å². The Hall–Kier alpha value is -1.46. The molecule has 0 spiro atoms. The van der Waals surface area contributed by atoms with Gasteiger partial charge < -0.3 is 18.9 Å². The summed E-state index contributed by atoms with van der Waals surface area (Å²) in [5, 5.41) is 0. The standard InChI is InChI=1S/C17H32O6/c1-4-6-8-10-12-20-16(18)22-14-15(3)23-17(19)21-13-11-9-7-5-2/h15H,4-14H2,1-3H3. The van der Waals surface area contributed by atoms with Crippen LogP contribution in [0.4, 0.5) is 9.59 Å². The van der Waals surface area contributed by atoms with Crippen LogP contribution in [0.3, 0.4) is 0 Å². The minimum Gasteiger partial charge on any atom is -0.434 e. The molecule has 0 rings (SSSR count). The average molecular weight is 332 g/mol. The summed E-state index contributed by atoms with van der Waals surface area (Å²) in [6.07, 6.45) is 6.23. The molecule has 0 aromatic rings. The Morgan fingerprint density at radius 2 is 1.26 bits per heavy atom. The Morgan fingerprint density at radius 3 is 1.78 bits per heavy atom. The van der Waals surface area contributed by atoms with E-state index in [0.717, 1.165) is 51.4 Å². The molecule has 0 aliphatic carbocycles. The number of hydrogen-bond donors (Lipinski definition) is 0. The third kappa shape index (κ3) is 15.2. The van der Waals surface area contributed by atoms with Crippen molar-refractivity contribution in [1.29, 1.82) is 0 Å². The summed E-state index contributed by atoms with van der Waals surface area (Å²) in [4.78, 5) is 22.7. The van der Waals surface area contributed by atoms with Crippen LogP contribution in [0.1, 0.15) is 72.1 Å². The highest BCUT2D eigenvalue weighted by Crippen LogP contribution is 2.03. The third-order valence-electron chi connectivity index (χ3n) is 3.17. The summed E-state index contributed by atoms with van der Waals surface area (Å²) in [6.45, 7) is 6.53. The second-order valence-electron chi connectivity index (χ2n) is 5.56. The van der Waals surface area contributed by atoms with Gasteiger partial charge in [0.2, 0.25) is 0 Å². The molecule has 0 radical (unpaired) electrons. The van der Waals surface area contributed by atoms with Crippen LogP contribution in [0.5, 0.6) is 0 Å². The molecule has 0 saturated heterocycles. The molecule has 0 aliphatic heterocycles. The van der Waals surface area contributed by atoms with Gasteiger partial charge in [-0.25, -0.2) is 9.59 Å². The van der Waals surface area contributed by atoms with Crippen molar-refractivity contribution < 1.29 is 28.5 Å². The van der Waals surface area contributed by atoms with Gasteiger partial charge in [-0.15, -0.1) is 0 Å². The van der Waals surface area contributed by atoms with Gasteiger partial charge in [-0.3, -0.25) is 0 Å². The van der Waals surface area contributed by atoms with Crippen molar-refractivity contribution in [2.45, 2.75) is 78.2 Å². The maximum Gasteiger partial charge on any atom is 0.508 e. The van der Waals surface area contributed by atoms with Gasteiger partial charge in [0.1, 0.15) is 12.7 Å². The lowest BCUT2D eigenvalue weighted by molar-refractivity contribution is -0.0113. The van der Waals surface area contributed by atoms with Gasteiger partial charge in [0.15, 0.2) is 0 Å². The quantitative estimate of drug-likeness (QED) is 0.355. The van der Waals surface area contributed by atoms with Crippen LogP contribution >= 0.6 is 0 Å².